The van der Waals surface area contributed by atoms with Crippen molar-refractivity contribution < 1.29 is 13.2 Å². The van der Waals surface area contributed by atoms with E-state index in [4.69, 9.17) is 11.1 Å². The van der Waals surface area contributed by atoms with E-state index in [-0.39, 0.29) is 12.3 Å². The Morgan fingerprint density at radius 3 is 2.90 bits per heavy atom. The lowest BCUT2D eigenvalue weighted by Gasteiger charge is -2.05. The van der Waals surface area contributed by atoms with Gasteiger partial charge in [0.1, 0.15) is 5.84 Å². The molecule has 1 rings (SSSR count). The number of nitrogens with one attached hydrogen (secondary N) is 3. The Balaban J connectivity index is 2.20. The summed E-state index contributed by atoms with van der Waals surface area (Å²) in [6.45, 7) is 0. The fourth-order valence-electron chi connectivity index (χ4n) is 1.19. The second kappa shape index (κ2) is 7.57. The van der Waals surface area contributed by atoms with Crippen LogP contribution in [0.15, 0.2) is 22.2 Å². The van der Waals surface area contributed by atoms with Gasteiger partial charge in [-0.3, -0.25) is 10.2 Å². The predicted octanol–water partition coefficient (Wildman–Crippen LogP) is -0.615. The highest BCUT2D eigenvalue weighted by molar-refractivity contribution is 8.06. The van der Waals surface area contributed by atoms with Gasteiger partial charge in [-0.1, -0.05) is 11.8 Å². The molecule has 1 heterocycles. The van der Waals surface area contributed by atoms with Crippen LogP contribution < -0.4 is 20.9 Å². The summed E-state index contributed by atoms with van der Waals surface area (Å²) in [5.74, 6) is 0.462. The Bertz CT molecular complexity index is 555. The second-order valence-corrected chi connectivity index (χ2v) is 7.03. The van der Waals surface area contributed by atoms with Gasteiger partial charge in [-0.25, -0.2) is 9.86 Å². The van der Waals surface area contributed by atoms with Crippen LogP contribution in [0.25, 0.3) is 0 Å². The molecule has 0 fully saturated rings. The number of hydrogen-bond acceptors (Lipinski definition) is 7. The molecule has 1 amide bonds. The molecule has 7 N–H and O–H groups in total. The van der Waals surface area contributed by atoms with Crippen molar-refractivity contribution in [3.8, 4) is 0 Å². The van der Waals surface area contributed by atoms with Crippen LogP contribution in [0.4, 0.5) is 0 Å². The molecular weight excluding hydrogens is 322 g/mol. The first-order chi connectivity index (χ1) is 9.26. The maximum absolute atomic E-state index is 11.2. The van der Waals surface area contributed by atoms with E-state index < -0.39 is 16.1 Å². The van der Waals surface area contributed by atoms with Gasteiger partial charge in [0, 0.05) is 29.7 Å². The predicted molar refractivity (Wildman–Crippen MR) is 82.0 cm³/mol. The number of hydrogen-bond donors (Lipinski definition) is 5. The lowest BCUT2D eigenvalue weighted by molar-refractivity contribution is -0.118. The van der Waals surface area contributed by atoms with Crippen molar-refractivity contribution in [2.75, 3.05) is 11.5 Å². The largest absolute Gasteiger partial charge is 0.384 e. The molecule has 11 heteroatoms. The molecule has 0 aromatic rings. The van der Waals surface area contributed by atoms with Gasteiger partial charge < -0.3 is 11.1 Å². The number of rotatable bonds is 7. The van der Waals surface area contributed by atoms with Crippen LogP contribution in [-0.4, -0.2) is 31.7 Å². The first-order valence-corrected chi connectivity index (χ1v) is 8.94. The Kier molecular flexibility index (Phi) is 6.39. The monoisotopic (exact) mass is 337 g/mol. The summed E-state index contributed by atoms with van der Waals surface area (Å²) in [5, 5.41) is 17.5. The van der Waals surface area contributed by atoms with Gasteiger partial charge in [0.05, 0.1) is 5.03 Å². The molecule has 0 unspecified atom stereocenters. The van der Waals surface area contributed by atoms with Crippen molar-refractivity contribution in [2.24, 2.45) is 10.9 Å². The summed E-state index contributed by atoms with van der Waals surface area (Å²) >= 11 is 2.90. The summed E-state index contributed by atoms with van der Waals surface area (Å²) < 4.78 is 22.9. The van der Waals surface area contributed by atoms with Crippen molar-refractivity contribution in [3.05, 3.63) is 22.2 Å². The zero-order valence-electron chi connectivity index (χ0n) is 10.4. The van der Waals surface area contributed by atoms with Crippen molar-refractivity contribution >= 4 is 45.5 Å². The van der Waals surface area contributed by atoms with Crippen LogP contribution in [0.2, 0.25) is 0 Å². The fourth-order valence-corrected chi connectivity index (χ4v) is 3.36. The smallest absolute Gasteiger partial charge is 0.298 e. The summed E-state index contributed by atoms with van der Waals surface area (Å²) in [6, 6.07) is 0. The number of amides is 1. The van der Waals surface area contributed by atoms with E-state index in [2.05, 4.69) is 10.5 Å². The minimum atomic E-state index is -3.97. The highest BCUT2D eigenvalue weighted by Gasteiger charge is 2.11. The Morgan fingerprint density at radius 1 is 1.60 bits per heavy atom. The Hall–Kier alpha value is -1.17. The molecule has 20 heavy (non-hydrogen) atoms. The standard InChI is InChI=1S/C9H15N5O3S3/c10-7(11)3-9-13-6(5-19-9)4-18-2-1-8(15)14-20(12,16)17/h3,5,13H,1-2,4H2,(H3,10,11)(H,14,15)(H2,12,16,17)/b9-3-. The van der Waals surface area contributed by atoms with E-state index in [0.29, 0.717) is 11.5 Å². The summed E-state index contributed by atoms with van der Waals surface area (Å²) in [5.41, 5.74) is 6.19. The minimum absolute atomic E-state index is 0.0260. The highest BCUT2D eigenvalue weighted by Crippen LogP contribution is 2.25. The van der Waals surface area contributed by atoms with E-state index in [0.717, 1.165) is 10.7 Å². The van der Waals surface area contributed by atoms with Crippen LogP contribution in [0, 0.1) is 5.41 Å². The molecule has 0 aromatic carbocycles. The van der Waals surface area contributed by atoms with Crippen molar-refractivity contribution in [3.63, 3.8) is 0 Å². The van der Waals surface area contributed by atoms with E-state index in [1.165, 1.54) is 29.6 Å². The Morgan fingerprint density at radius 2 is 2.30 bits per heavy atom. The fraction of sp³-hybridized carbons (Fsp3) is 0.333. The van der Waals surface area contributed by atoms with Gasteiger partial charge in [0.15, 0.2) is 0 Å². The first kappa shape index (κ1) is 16.9. The van der Waals surface area contributed by atoms with E-state index in [1.54, 1.807) is 4.72 Å². The zero-order chi connectivity index (χ0) is 15.2. The van der Waals surface area contributed by atoms with Gasteiger partial charge >= 0.3 is 0 Å². The topological polar surface area (TPSA) is 151 Å². The molecule has 0 saturated carbocycles. The molecule has 0 aromatic heterocycles. The summed E-state index contributed by atoms with van der Waals surface area (Å²) in [4.78, 5) is 11.2. The van der Waals surface area contributed by atoms with E-state index in [1.807, 2.05) is 5.41 Å². The first-order valence-electron chi connectivity index (χ1n) is 5.36. The number of nitrogens with two attached hydrogens (primary N) is 2. The molecular formula is C9H15N5O3S3. The third-order valence-corrected chi connectivity index (χ3v) is 4.28. The molecule has 0 aliphatic carbocycles. The average molecular weight is 337 g/mol. The molecule has 0 saturated heterocycles. The van der Waals surface area contributed by atoms with Gasteiger partial charge in [-0.2, -0.15) is 20.2 Å². The van der Waals surface area contributed by atoms with Crippen LogP contribution in [0.5, 0.6) is 0 Å². The summed E-state index contributed by atoms with van der Waals surface area (Å²) in [7, 11) is -3.97. The maximum Gasteiger partial charge on any atom is 0.298 e. The van der Waals surface area contributed by atoms with Crippen molar-refractivity contribution in [1.29, 1.82) is 5.41 Å². The molecule has 0 bridgehead atoms. The molecule has 0 radical (unpaired) electrons. The number of carbonyl (C=O) groups excluding carboxylic acids is 1. The highest BCUT2D eigenvalue weighted by atomic mass is 32.2. The van der Waals surface area contributed by atoms with Crippen LogP contribution >= 0.6 is 23.5 Å². The molecule has 8 nitrogen and oxygen atoms in total. The van der Waals surface area contributed by atoms with Gasteiger partial charge in [-0.15, -0.1) is 0 Å². The van der Waals surface area contributed by atoms with E-state index >= 15 is 0 Å². The molecule has 112 valence electrons. The Labute approximate surface area is 125 Å². The van der Waals surface area contributed by atoms with Crippen molar-refractivity contribution in [1.82, 2.24) is 10.0 Å². The third kappa shape index (κ3) is 7.43. The molecule has 1 aliphatic rings. The average Bonchev–Trinajstić information content (AvgIpc) is 2.68. The number of amidine groups is 1. The van der Waals surface area contributed by atoms with Gasteiger partial charge in [0.25, 0.3) is 10.2 Å². The zero-order valence-corrected chi connectivity index (χ0v) is 12.8. The molecule has 0 spiro atoms. The van der Waals surface area contributed by atoms with E-state index in [9.17, 15) is 13.2 Å². The molecule has 0 atom stereocenters. The number of thioether (sulfide) groups is 2. The van der Waals surface area contributed by atoms with Gasteiger partial charge in [0.2, 0.25) is 5.91 Å². The summed E-state index contributed by atoms with van der Waals surface area (Å²) in [6.07, 6.45) is 1.58. The SMILES string of the molecule is N=C(N)/C=C1/NC(CSCCC(=O)NS(N)(=O)=O)=CS1. The lowest BCUT2D eigenvalue weighted by Crippen LogP contribution is -2.36. The van der Waals surface area contributed by atoms with Crippen LogP contribution in [0.3, 0.4) is 0 Å². The second-order valence-electron chi connectivity index (χ2n) is 3.72. The lowest BCUT2D eigenvalue weighted by atomic mass is 10.5. The quantitative estimate of drug-likeness (QED) is 0.236. The van der Waals surface area contributed by atoms with Crippen LogP contribution in [0.1, 0.15) is 6.42 Å². The maximum atomic E-state index is 11.2. The third-order valence-electron chi connectivity index (χ3n) is 1.89. The number of carbonyl (C=O) groups is 1. The van der Waals surface area contributed by atoms with Gasteiger partial charge in [-0.05, 0) is 5.41 Å². The molecule has 1 aliphatic heterocycles. The van der Waals surface area contributed by atoms with Crippen molar-refractivity contribution in [2.45, 2.75) is 6.42 Å². The van der Waals surface area contributed by atoms with Crippen LogP contribution in [-0.2, 0) is 15.0 Å². The normalized spacial score (nSPS) is 16.6. The minimum Gasteiger partial charge on any atom is -0.384 e.